The highest BCUT2D eigenvalue weighted by Gasteiger charge is 2.42. The first-order valence-electron chi connectivity index (χ1n) is 10.1. The van der Waals surface area contributed by atoms with Crippen molar-refractivity contribution in [1.82, 2.24) is 20.4 Å². The molecule has 0 saturated carbocycles. The molecule has 26 heavy (non-hydrogen) atoms. The van der Waals surface area contributed by atoms with Gasteiger partial charge in [-0.3, -0.25) is 9.79 Å². The van der Waals surface area contributed by atoms with E-state index < -0.39 is 0 Å². The molecule has 3 saturated heterocycles. The lowest BCUT2D eigenvalue weighted by molar-refractivity contribution is -0.119. The zero-order valence-electron chi connectivity index (χ0n) is 16.4. The van der Waals surface area contributed by atoms with Crippen LogP contribution < -0.4 is 10.6 Å². The molecular formula is C19H36IN5O. The van der Waals surface area contributed by atoms with Crippen molar-refractivity contribution in [3.63, 3.8) is 0 Å². The van der Waals surface area contributed by atoms with E-state index in [9.17, 15) is 4.79 Å². The van der Waals surface area contributed by atoms with Crippen LogP contribution in [0.25, 0.3) is 0 Å². The average Bonchev–Trinajstić information content (AvgIpc) is 2.94. The number of amides is 1. The molecule has 2 unspecified atom stereocenters. The van der Waals surface area contributed by atoms with E-state index in [1.54, 1.807) is 0 Å². The fourth-order valence-corrected chi connectivity index (χ4v) is 4.64. The molecule has 0 aromatic heterocycles. The van der Waals surface area contributed by atoms with Gasteiger partial charge in [-0.1, -0.05) is 6.92 Å². The van der Waals surface area contributed by atoms with E-state index >= 15 is 0 Å². The molecule has 0 bridgehead atoms. The van der Waals surface area contributed by atoms with Gasteiger partial charge in [0.1, 0.15) is 0 Å². The second kappa shape index (κ2) is 10.1. The zero-order valence-corrected chi connectivity index (χ0v) is 18.8. The predicted octanol–water partition coefficient (Wildman–Crippen LogP) is 1.90. The summed E-state index contributed by atoms with van der Waals surface area (Å²) in [5.41, 5.74) is 0.119. The highest BCUT2D eigenvalue weighted by Crippen LogP contribution is 2.35. The van der Waals surface area contributed by atoms with Crippen molar-refractivity contribution >= 4 is 35.8 Å². The third-order valence-corrected chi connectivity index (χ3v) is 5.91. The summed E-state index contributed by atoms with van der Waals surface area (Å²) in [5.74, 6) is 2.06. The number of rotatable bonds is 4. The molecule has 6 nitrogen and oxygen atoms in total. The van der Waals surface area contributed by atoms with Gasteiger partial charge in [-0.05, 0) is 45.1 Å². The van der Waals surface area contributed by atoms with Gasteiger partial charge in [0.15, 0.2) is 5.96 Å². The summed E-state index contributed by atoms with van der Waals surface area (Å²) in [6.07, 6.45) is 5.65. The number of piperidine rings is 2. The minimum Gasteiger partial charge on any atom is -0.357 e. The van der Waals surface area contributed by atoms with E-state index in [4.69, 9.17) is 4.99 Å². The smallest absolute Gasteiger partial charge is 0.220 e. The van der Waals surface area contributed by atoms with Gasteiger partial charge in [0, 0.05) is 51.1 Å². The van der Waals surface area contributed by atoms with Crippen LogP contribution in [0.4, 0.5) is 0 Å². The molecule has 0 radical (unpaired) electrons. The minimum absolute atomic E-state index is 0. The molecule has 0 aliphatic carbocycles. The van der Waals surface area contributed by atoms with Crippen LogP contribution in [0.5, 0.6) is 0 Å². The number of nitrogens with zero attached hydrogens (tertiary/aromatic N) is 3. The fourth-order valence-electron chi connectivity index (χ4n) is 4.64. The maximum Gasteiger partial charge on any atom is 0.220 e. The summed E-state index contributed by atoms with van der Waals surface area (Å²) in [4.78, 5) is 21.6. The summed E-state index contributed by atoms with van der Waals surface area (Å²) in [6, 6.07) is 0. The lowest BCUT2D eigenvalue weighted by Crippen LogP contribution is -2.51. The zero-order chi connectivity index (χ0) is 17.7. The molecule has 3 fully saturated rings. The van der Waals surface area contributed by atoms with Crippen LogP contribution in [-0.4, -0.2) is 74.0 Å². The quantitative estimate of drug-likeness (QED) is 0.369. The first-order chi connectivity index (χ1) is 12.1. The van der Waals surface area contributed by atoms with Crippen LogP contribution in [0.1, 0.15) is 46.0 Å². The topological polar surface area (TPSA) is 60.0 Å². The molecule has 2 N–H and O–H groups in total. The van der Waals surface area contributed by atoms with Gasteiger partial charge in [0.05, 0.1) is 6.54 Å². The lowest BCUT2D eigenvalue weighted by atomic mass is 9.79. The number of carbonyl (C=O) groups is 1. The predicted molar refractivity (Wildman–Crippen MR) is 117 cm³/mol. The van der Waals surface area contributed by atoms with Crippen molar-refractivity contribution < 1.29 is 4.79 Å². The number of hydrogen-bond donors (Lipinski definition) is 2. The van der Waals surface area contributed by atoms with E-state index in [0.717, 1.165) is 64.0 Å². The Morgan fingerprint density at radius 2 is 2.23 bits per heavy atom. The Morgan fingerprint density at radius 3 is 2.92 bits per heavy atom. The van der Waals surface area contributed by atoms with Crippen molar-refractivity contribution in [2.75, 3.05) is 52.4 Å². The van der Waals surface area contributed by atoms with Crippen LogP contribution in [-0.2, 0) is 4.79 Å². The lowest BCUT2D eigenvalue weighted by Gasteiger charge is -2.41. The number of guanidine groups is 1. The Bertz CT molecular complexity index is 500. The molecule has 150 valence electrons. The summed E-state index contributed by atoms with van der Waals surface area (Å²) in [5, 5.41) is 6.50. The molecule has 3 rings (SSSR count). The van der Waals surface area contributed by atoms with Crippen LogP contribution >= 0.6 is 24.0 Å². The van der Waals surface area contributed by atoms with Crippen molar-refractivity contribution in [3.05, 3.63) is 0 Å². The Labute approximate surface area is 175 Å². The number of aliphatic imine (C=N–C) groups is 1. The van der Waals surface area contributed by atoms with Crippen LogP contribution in [0.3, 0.4) is 0 Å². The summed E-state index contributed by atoms with van der Waals surface area (Å²) in [7, 11) is 0. The third-order valence-electron chi connectivity index (χ3n) is 5.91. The number of likely N-dealkylation sites (tertiary alicyclic amines) is 2. The third kappa shape index (κ3) is 5.71. The fraction of sp³-hybridized carbons (Fsp3) is 0.895. The monoisotopic (exact) mass is 477 g/mol. The minimum atomic E-state index is 0. The maximum absolute atomic E-state index is 11.7. The number of nitrogens with one attached hydrogen (secondary N) is 2. The molecule has 3 aliphatic rings. The molecule has 0 aromatic rings. The van der Waals surface area contributed by atoms with E-state index in [2.05, 4.69) is 34.3 Å². The van der Waals surface area contributed by atoms with Gasteiger partial charge in [-0.25, -0.2) is 0 Å². The average molecular weight is 477 g/mol. The molecule has 3 heterocycles. The summed E-state index contributed by atoms with van der Waals surface area (Å²) < 4.78 is 0. The Balaban J connectivity index is 0.00000243. The molecular weight excluding hydrogens is 441 g/mol. The second-order valence-corrected chi connectivity index (χ2v) is 8.26. The summed E-state index contributed by atoms with van der Waals surface area (Å²) in [6.45, 7) is 12.5. The molecule has 1 amide bonds. The van der Waals surface area contributed by atoms with E-state index in [1.807, 2.05) is 0 Å². The van der Waals surface area contributed by atoms with Gasteiger partial charge in [-0.15, -0.1) is 24.0 Å². The maximum atomic E-state index is 11.7. The number of hydrogen-bond acceptors (Lipinski definition) is 3. The van der Waals surface area contributed by atoms with Crippen LogP contribution in [0.15, 0.2) is 4.99 Å². The van der Waals surface area contributed by atoms with Gasteiger partial charge in [0.2, 0.25) is 5.91 Å². The molecule has 3 aliphatic heterocycles. The standard InChI is InChI=1S/C19H35N5O.HI/c1-3-20-18(21-8-11-23-9-4-6-16(2)13-23)24-10-5-7-19(15-24)12-17(25)22-14-19;/h16H,3-15H2,1-2H3,(H,20,21)(H,22,25);1H. The van der Waals surface area contributed by atoms with Gasteiger partial charge in [-0.2, -0.15) is 0 Å². The van der Waals surface area contributed by atoms with E-state index in [-0.39, 0.29) is 35.3 Å². The highest BCUT2D eigenvalue weighted by atomic mass is 127. The summed E-state index contributed by atoms with van der Waals surface area (Å²) >= 11 is 0. The Hall–Kier alpha value is -0.570. The molecule has 1 spiro atoms. The second-order valence-electron chi connectivity index (χ2n) is 8.26. The normalized spacial score (nSPS) is 30.2. The van der Waals surface area contributed by atoms with Crippen molar-refractivity contribution in [2.24, 2.45) is 16.3 Å². The highest BCUT2D eigenvalue weighted by molar-refractivity contribution is 14.0. The van der Waals surface area contributed by atoms with E-state index in [0.29, 0.717) is 6.42 Å². The largest absolute Gasteiger partial charge is 0.357 e. The Kier molecular flexibility index (Phi) is 8.44. The van der Waals surface area contributed by atoms with Crippen LogP contribution in [0, 0.1) is 11.3 Å². The van der Waals surface area contributed by atoms with Crippen molar-refractivity contribution in [2.45, 2.75) is 46.0 Å². The van der Waals surface area contributed by atoms with E-state index in [1.165, 1.54) is 25.9 Å². The first-order valence-corrected chi connectivity index (χ1v) is 10.1. The molecule has 2 atom stereocenters. The van der Waals surface area contributed by atoms with Crippen molar-refractivity contribution in [3.8, 4) is 0 Å². The van der Waals surface area contributed by atoms with Gasteiger partial charge in [0.25, 0.3) is 0 Å². The molecule has 7 heteroatoms. The SMILES string of the molecule is CCNC(=NCCN1CCCC(C)C1)N1CCCC2(CNC(=O)C2)C1.I. The van der Waals surface area contributed by atoms with Gasteiger partial charge >= 0.3 is 0 Å². The van der Waals surface area contributed by atoms with Crippen LogP contribution in [0.2, 0.25) is 0 Å². The number of halogens is 1. The Morgan fingerprint density at radius 1 is 1.38 bits per heavy atom. The number of carbonyl (C=O) groups excluding carboxylic acids is 1. The first kappa shape index (κ1) is 21.7. The van der Waals surface area contributed by atoms with Gasteiger partial charge < -0.3 is 20.4 Å². The molecule has 0 aromatic carbocycles. The van der Waals surface area contributed by atoms with Crippen molar-refractivity contribution in [1.29, 1.82) is 0 Å².